The van der Waals surface area contributed by atoms with Crippen molar-refractivity contribution in [1.29, 1.82) is 0 Å². The van der Waals surface area contributed by atoms with Gasteiger partial charge in [0.05, 0.1) is 24.6 Å². The van der Waals surface area contributed by atoms with Crippen molar-refractivity contribution in [2.75, 3.05) is 23.9 Å². The third-order valence-corrected chi connectivity index (χ3v) is 8.12. The number of hydrogen-bond donors (Lipinski definition) is 1. The van der Waals surface area contributed by atoms with Crippen molar-refractivity contribution in [1.82, 2.24) is 9.97 Å². The van der Waals surface area contributed by atoms with Crippen molar-refractivity contribution >= 4 is 56.7 Å². The first-order valence-electron chi connectivity index (χ1n) is 10.6. The third kappa shape index (κ3) is 5.06. The molecule has 2 aromatic heterocycles. The number of benzene rings is 1. The highest BCUT2D eigenvalue weighted by Crippen LogP contribution is 2.43. The molecule has 0 spiro atoms. The maximum Gasteiger partial charge on any atom is 0.234 e. The number of nitrogens with one attached hydrogen (secondary N) is 1. The molecule has 1 aliphatic rings. The summed E-state index contributed by atoms with van der Waals surface area (Å²) in [5.41, 5.74) is 1.86. The average Bonchev–Trinajstić information content (AvgIpc) is 3.16. The molecule has 0 saturated carbocycles. The lowest BCUT2D eigenvalue weighted by Crippen LogP contribution is -2.33. The Balaban J connectivity index is 1.54. The number of carbonyl (C=O) groups is 1. The van der Waals surface area contributed by atoms with Gasteiger partial charge in [0.15, 0.2) is 5.16 Å². The fourth-order valence-electron chi connectivity index (χ4n) is 3.57. The number of fused-ring (bicyclic) bond motifs is 3. The molecule has 4 rings (SSSR count). The first-order chi connectivity index (χ1) is 15.4. The number of hydrogen-bond acceptors (Lipinski definition) is 8. The quantitative estimate of drug-likeness (QED) is 0.244. The third-order valence-electron chi connectivity index (χ3n) is 5.50. The highest BCUT2D eigenvalue weighted by molar-refractivity contribution is 8.00. The maximum atomic E-state index is 12.6. The second-order valence-corrected chi connectivity index (χ2v) is 10.6. The number of anilines is 1. The predicted octanol–water partition coefficient (Wildman–Crippen LogP) is 5.78. The fraction of sp³-hybridized carbons (Fsp3) is 0.435. The van der Waals surface area contributed by atoms with Gasteiger partial charge in [-0.1, -0.05) is 30.4 Å². The van der Waals surface area contributed by atoms with Crippen LogP contribution >= 0.6 is 34.9 Å². The van der Waals surface area contributed by atoms with Crippen LogP contribution in [0.2, 0.25) is 0 Å². The lowest BCUT2D eigenvalue weighted by Gasteiger charge is -2.33. The van der Waals surface area contributed by atoms with Crippen LogP contribution in [0.3, 0.4) is 0 Å². The molecule has 0 unspecified atom stereocenters. The van der Waals surface area contributed by atoms with Gasteiger partial charge >= 0.3 is 0 Å². The molecule has 0 aliphatic carbocycles. The first kappa shape index (κ1) is 23.4. The van der Waals surface area contributed by atoms with Gasteiger partial charge in [0.25, 0.3) is 0 Å². The van der Waals surface area contributed by atoms with E-state index >= 15 is 0 Å². The van der Waals surface area contributed by atoms with E-state index in [0.717, 1.165) is 44.7 Å². The van der Waals surface area contributed by atoms with Crippen LogP contribution < -0.4 is 10.1 Å². The van der Waals surface area contributed by atoms with Crippen LogP contribution in [0.5, 0.6) is 5.75 Å². The molecule has 0 fully saturated rings. The molecule has 1 atom stereocenters. The molecule has 3 aromatic rings. The molecular formula is C23H27N3O3S3. The standard InChI is InChI=1S/C23H27N3O3S3/c1-5-23(3)11-16-17(12-29-23)32-21-19(16)20(25-22(26-21)30-4)31-13-18(27)24-14-7-9-15(10-8-14)28-6-2/h7-10H,5-6,11-13H2,1-4H3,(H,24,27)/t23-/m0/s1. The van der Waals surface area contributed by atoms with Crippen molar-refractivity contribution in [3.63, 3.8) is 0 Å². The number of ether oxygens (including phenoxy) is 2. The molecule has 0 radical (unpaired) electrons. The molecule has 3 heterocycles. The zero-order valence-corrected chi connectivity index (χ0v) is 21.1. The Morgan fingerprint density at radius 3 is 2.75 bits per heavy atom. The predicted molar refractivity (Wildman–Crippen MR) is 133 cm³/mol. The highest BCUT2D eigenvalue weighted by atomic mass is 32.2. The summed E-state index contributed by atoms with van der Waals surface area (Å²) in [6.07, 6.45) is 3.76. The zero-order valence-electron chi connectivity index (χ0n) is 18.7. The fourth-order valence-corrected chi connectivity index (χ4v) is 6.08. The zero-order chi connectivity index (χ0) is 22.7. The Morgan fingerprint density at radius 2 is 2.06 bits per heavy atom. The van der Waals surface area contributed by atoms with Crippen molar-refractivity contribution in [3.05, 3.63) is 34.7 Å². The number of thioether (sulfide) groups is 2. The van der Waals surface area contributed by atoms with Crippen LogP contribution in [0.15, 0.2) is 34.4 Å². The normalized spacial score (nSPS) is 17.9. The summed E-state index contributed by atoms with van der Waals surface area (Å²) in [6, 6.07) is 7.41. The number of thiophene rings is 1. The monoisotopic (exact) mass is 489 g/mol. The summed E-state index contributed by atoms with van der Waals surface area (Å²) in [5.74, 6) is 1.000. The van der Waals surface area contributed by atoms with Crippen molar-refractivity contribution < 1.29 is 14.3 Å². The van der Waals surface area contributed by atoms with E-state index < -0.39 is 0 Å². The van der Waals surface area contributed by atoms with Gasteiger partial charge < -0.3 is 14.8 Å². The Bertz CT molecular complexity index is 1120. The van der Waals surface area contributed by atoms with Crippen molar-refractivity contribution in [2.24, 2.45) is 0 Å². The first-order valence-corrected chi connectivity index (χ1v) is 13.6. The molecular weight excluding hydrogens is 462 g/mol. The van der Waals surface area contributed by atoms with E-state index in [1.807, 2.05) is 37.4 Å². The number of rotatable bonds is 8. The van der Waals surface area contributed by atoms with Crippen LogP contribution in [-0.2, 0) is 22.6 Å². The van der Waals surface area contributed by atoms with E-state index in [0.29, 0.717) is 13.2 Å². The van der Waals surface area contributed by atoms with E-state index in [4.69, 9.17) is 19.4 Å². The molecule has 0 saturated heterocycles. The molecule has 6 nitrogen and oxygen atoms in total. The second-order valence-electron chi connectivity index (χ2n) is 7.76. The summed E-state index contributed by atoms with van der Waals surface area (Å²) in [5, 5.41) is 5.64. The van der Waals surface area contributed by atoms with E-state index in [1.165, 1.54) is 34.0 Å². The van der Waals surface area contributed by atoms with E-state index in [-0.39, 0.29) is 17.3 Å². The lowest BCUT2D eigenvalue weighted by atomic mass is 9.90. The van der Waals surface area contributed by atoms with Gasteiger partial charge in [-0.15, -0.1) is 11.3 Å². The minimum absolute atomic E-state index is 0.0672. The van der Waals surface area contributed by atoms with Crippen LogP contribution in [0.4, 0.5) is 5.69 Å². The van der Waals surface area contributed by atoms with Crippen LogP contribution in [0.25, 0.3) is 10.2 Å². The molecule has 32 heavy (non-hydrogen) atoms. The number of amides is 1. The topological polar surface area (TPSA) is 73.3 Å². The maximum absolute atomic E-state index is 12.6. The van der Waals surface area contributed by atoms with Crippen LogP contribution in [0.1, 0.15) is 37.6 Å². The summed E-state index contributed by atoms with van der Waals surface area (Å²) >= 11 is 4.67. The van der Waals surface area contributed by atoms with Crippen LogP contribution in [-0.4, -0.2) is 40.1 Å². The summed E-state index contributed by atoms with van der Waals surface area (Å²) < 4.78 is 11.6. The van der Waals surface area contributed by atoms with Gasteiger partial charge in [-0.3, -0.25) is 4.79 Å². The molecule has 170 valence electrons. The van der Waals surface area contributed by atoms with Crippen molar-refractivity contribution in [3.8, 4) is 5.75 Å². The van der Waals surface area contributed by atoms with Gasteiger partial charge in [-0.2, -0.15) is 0 Å². The Morgan fingerprint density at radius 1 is 1.28 bits per heavy atom. The lowest BCUT2D eigenvalue weighted by molar-refractivity contribution is -0.113. The highest BCUT2D eigenvalue weighted by Gasteiger charge is 2.33. The largest absolute Gasteiger partial charge is 0.494 e. The van der Waals surface area contributed by atoms with Gasteiger partial charge in [-0.05, 0) is 56.4 Å². The molecule has 1 N–H and O–H groups in total. The second kappa shape index (κ2) is 9.99. The molecule has 1 aliphatic heterocycles. The number of carbonyl (C=O) groups excluding carboxylic acids is 1. The summed E-state index contributed by atoms with van der Waals surface area (Å²) in [7, 11) is 0. The summed E-state index contributed by atoms with van der Waals surface area (Å²) in [4.78, 5) is 24.3. The number of aromatic nitrogens is 2. The molecule has 9 heteroatoms. The minimum Gasteiger partial charge on any atom is -0.494 e. The van der Waals surface area contributed by atoms with E-state index in [1.54, 1.807) is 11.3 Å². The molecule has 0 bridgehead atoms. The Labute approximate surface area is 200 Å². The van der Waals surface area contributed by atoms with Gasteiger partial charge in [0.2, 0.25) is 5.91 Å². The minimum atomic E-state index is -0.174. The molecule has 1 aromatic carbocycles. The van der Waals surface area contributed by atoms with Crippen LogP contribution in [0, 0.1) is 0 Å². The van der Waals surface area contributed by atoms with Gasteiger partial charge in [0.1, 0.15) is 15.6 Å². The molecule has 1 amide bonds. The summed E-state index contributed by atoms with van der Waals surface area (Å²) in [6.45, 7) is 7.48. The smallest absolute Gasteiger partial charge is 0.234 e. The SMILES string of the molecule is CCOc1ccc(NC(=O)CSc2nc(SC)nc3sc4c(c23)C[C@](C)(CC)OC4)cc1. The van der Waals surface area contributed by atoms with Crippen molar-refractivity contribution in [2.45, 2.75) is 56.0 Å². The average molecular weight is 490 g/mol. The Kier molecular flexibility index (Phi) is 7.29. The van der Waals surface area contributed by atoms with E-state index in [2.05, 4.69) is 19.2 Å². The van der Waals surface area contributed by atoms with E-state index in [9.17, 15) is 4.79 Å². The van der Waals surface area contributed by atoms with Gasteiger partial charge in [-0.25, -0.2) is 9.97 Å². The number of nitrogens with zero attached hydrogens (tertiary/aromatic N) is 2. The Hall–Kier alpha value is -1.81. The van der Waals surface area contributed by atoms with Gasteiger partial charge in [0, 0.05) is 22.4 Å².